The van der Waals surface area contributed by atoms with Gasteiger partial charge in [0.1, 0.15) is 0 Å². The van der Waals surface area contributed by atoms with Crippen LogP contribution in [0.25, 0.3) is 0 Å². The maximum absolute atomic E-state index is 11.8. The van der Waals surface area contributed by atoms with Crippen LogP contribution in [0.5, 0.6) is 0 Å². The molecular weight excluding hydrogens is 262 g/mol. The lowest BCUT2D eigenvalue weighted by Gasteiger charge is -2.19. The highest BCUT2D eigenvalue weighted by atomic mass is 32.2. The van der Waals surface area contributed by atoms with Gasteiger partial charge >= 0.3 is 0 Å². The first-order valence-corrected chi connectivity index (χ1v) is 8.62. The molecule has 0 bridgehead atoms. The van der Waals surface area contributed by atoms with E-state index in [1.807, 2.05) is 0 Å². The molecular formula is C13H29N3O2S. The molecule has 0 aromatic rings. The second kappa shape index (κ2) is 8.40. The van der Waals surface area contributed by atoms with Crippen LogP contribution < -0.4 is 11.1 Å². The second-order valence-electron chi connectivity index (χ2n) is 5.69. The summed E-state index contributed by atoms with van der Waals surface area (Å²) in [5.41, 5.74) is 5.67. The number of guanidine groups is 1. The first-order valence-electron chi connectivity index (χ1n) is 6.97. The minimum Gasteiger partial charge on any atom is -0.370 e. The zero-order chi connectivity index (χ0) is 14.9. The number of nitrogens with two attached hydrogens (primary N) is 1. The molecule has 0 fully saturated rings. The van der Waals surface area contributed by atoms with Crippen LogP contribution in [0.2, 0.25) is 0 Å². The fourth-order valence-electron chi connectivity index (χ4n) is 1.41. The topological polar surface area (TPSA) is 84.5 Å². The van der Waals surface area contributed by atoms with Crippen LogP contribution in [0.15, 0.2) is 4.99 Å². The predicted octanol–water partition coefficient (Wildman–Crippen LogP) is 1.68. The standard InChI is InChI=1S/C13H29N3O2S/c1-5-6-7-8-9-15-12(14)16-10-11-19(17,18)13(2,3)4/h5-11H2,1-4H3,(H3,14,15,16). The molecule has 0 spiro atoms. The number of rotatable bonds is 8. The van der Waals surface area contributed by atoms with Gasteiger partial charge in [0, 0.05) is 13.1 Å². The van der Waals surface area contributed by atoms with Crippen LogP contribution in [0.1, 0.15) is 53.4 Å². The quantitative estimate of drug-likeness (QED) is 0.405. The third kappa shape index (κ3) is 8.08. The molecule has 0 aliphatic heterocycles. The third-order valence-electron chi connectivity index (χ3n) is 2.90. The predicted molar refractivity (Wildman–Crippen MR) is 82.2 cm³/mol. The second-order valence-corrected chi connectivity index (χ2v) is 8.55. The Kier molecular flexibility index (Phi) is 8.06. The summed E-state index contributed by atoms with van der Waals surface area (Å²) in [5, 5.41) is 2.85. The highest BCUT2D eigenvalue weighted by Gasteiger charge is 2.28. The molecule has 0 aliphatic carbocycles. The number of nitrogens with zero attached hydrogens (tertiary/aromatic N) is 1. The van der Waals surface area contributed by atoms with Crippen LogP contribution in [-0.4, -0.2) is 38.0 Å². The van der Waals surface area contributed by atoms with Crippen molar-refractivity contribution in [2.75, 3.05) is 18.8 Å². The maximum Gasteiger partial charge on any atom is 0.188 e. The molecule has 0 radical (unpaired) electrons. The Hall–Kier alpha value is -0.780. The normalized spacial score (nSPS) is 13.6. The first-order chi connectivity index (χ1) is 8.70. The van der Waals surface area contributed by atoms with Gasteiger partial charge in [-0.25, -0.2) is 8.42 Å². The fourth-order valence-corrected chi connectivity index (χ4v) is 2.40. The van der Waals surface area contributed by atoms with Crippen molar-refractivity contribution in [2.45, 2.75) is 58.1 Å². The number of hydrogen-bond donors (Lipinski definition) is 2. The molecule has 0 heterocycles. The van der Waals surface area contributed by atoms with Crippen molar-refractivity contribution in [3.05, 3.63) is 0 Å². The third-order valence-corrected chi connectivity index (χ3v) is 5.51. The first kappa shape index (κ1) is 18.2. The SMILES string of the molecule is CCCCCCN=C(N)NCCS(=O)(=O)C(C)(C)C. The van der Waals surface area contributed by atoms with Gasteiger partial charge in [-0.3, -0.25) is 4.99 Å². The van der Waals surface area contributed by atoms with Crippen LogP contribution in [0.3, 0.4) is 0 Å². The molecule has 0 amide bonds. The van der Waals surface area contributed by atoms with Gasteiger partial charge < -0.3 is 11.1 Å². The Labute approximate surface area is 118 Å². The van der Waals surface area contributed by atoms with Crippen molar-refractivity contribution < 1.29 is 8.42 Å². The molecule has 5 nitrogen and oxygen atoms in total. The summed E-state index contributed by atoms with van der Waals surface area (Å²) in [6.45, 7) is 8.28. The number of sulfone groups is 1. The molecule has 3 N–H and O–H groups in total. The van der Waals surface area contributed by atoms with E-state index < -0.39 is 14.6 Å². The maximum atomic E-state index is 11.8. The molecule has 0 rings (SSSR count). The van der Waals surface area contributed by atoms with E-state index in [0.717, 1.165) is 12.8 Å². The number of hydrogen-bond acceptors (Lipinski definition) is 3. The van der Waals surface area contributed by atoms with Crippen LogP contribution in [-0.2, 0) is 9.84 Å². The molecule has 114 valence electrons. The van der Waals surface area contributed by atoms with Gasteiger partial charge in [-0.2, -0.15) is 0 Å². The summed E-state index contributed by atoms with van der Waals surface area (Å²) >= 11 is 0. The largest absolute Gasteiger partial charge is 0.370 e. The van der Waals surface area contributed by atoms with Crippen molar-refractivity contribution in [2.24, 2.45) is 10.7 Å². The van der Waals surface area contributed by atoms with Crippen molar-refractivity contribution in [3.63, 3.8) is 0 Å². The van der Waals surface area contributed by atoms with Gasteiger partial charge in [0.25, 0.3) is 0 Å². The highest BCUT2D eigenvalue weighted by Crippen LogP contribution is 2.15. The van der Waals surface area contributed by atoms with Crippen LogP contribution in [0.4, 0.5) is 0 Å². The Morgan fingerprint density at radius 3 is 2.37 bits per heavy atom. The van der Waals surface area contributed by atoms with Gasteiger partial charge in [-0.1, -0.05) is 26.2 Å². The summed E-state index contributed by atoms with van der Waals surface area (Å²) in [4.78, 5) is 4.17. The summed E-state index contributed by atoms with van der Waals surface area (Å²) in [7, 11) is -3.10. The van der Waals surface area contributed by atoms with E-state index in [4.69, 9.17) is 5.73 Å². The summed E-state index contributed by atoms with van der Waals surface area (Å²) in [5.74, 6) is 0.406. The van der Waals surface area contributed by atoms with Crippen LogP contribution >= 0.6 is 0 Å². The zero-order valence-corrected chi connectivity index (χ0v) is 13.5. The van der Waals surface area contributed by atoms with E-state index in [1.165, 1.54) is 12.8 Å². The van der Waals surface area contributed by atoms with Gasteiger partial charge in [0.05, 0.1) is 10.5 Å². The van der Waals surface area contributed by atoms with Crippen molar-refractivity contribution >= 4 is 15.8 Å². The zero-order valence-electron chi connectivity index (χ0n) is 12.7. The monoisotopic (exact) mass is 291 g/mol. The molecule has 0 aliphatic rings. The molecule has 0 aromatic carbocycles. The Balaban J connectivity index is 3.92. The lowest BCUT2D eigenvalue weighted by molar-refractivity contribution is 0.559. The number of aliphatic imine (C=N–C) groups is 1. The molecule has 0 atom stereocenters. The Morgan fingerprint density at radius 2 is 1.84 bits per heavy atom. The number of nitrogens with one attached hydrogen (secondary N) is 1. The molecule has 0 saturated heterocycles. The molecule has 19 heavy (non-hydrogen) atoms. The van der Waals surface area contributed by atoms with Crippen molar-refractivity contribution in [1.82, 2.24) is 5.32 Å². The lowest BCUT2D eigenvalue weighted by Crippen LogP contribution is -2.39. The Morgan fingerprint density at radius 1 is 1.21 bits per heavy atom. The van der Waals surface area contributed by atoms with Gasteiger partial charge in [-0.05, 0) is 27.2 Å². The smallest absolute Gasteiger partial charge is 0.188 e. The summed E-state index contributed by atoms with van der Waals surface area (Å²) < 4.78 is 23.0. The van der Waals surface area contributed by atoms with E-state index in [-0.39, 0.29) is 5.75 Å². The minimum absolute atomic E-state index is 0.0720. The lowest BCUT2D eigenvalue weighted by atomic mass is 10.2. The molecule has 0 saturated carbocycles. The van der Waals surface area contributed by atoms with E-state index >= 15 is 0 Å². The van der Waals surface area contributed by atoms with E-state index in [0.29, 0.717) is 19.0 Å². The average molecular weight is 291 g/mol. The van der Waals surface area contributed by atoms with Gasteiger partial charge in [0.2, 0.25) is 0 Å². The van der Waals surface area contributed by atoms with Gasteiger partial charge in [-0.15, -0.1) is 0 Å². The molecule has 0 aromatic heterocycles. The summed E-state index contributed by atoms with van der Waals surface area (Å²) in [6, 6.07) is 0. The molecule has 0 unspecified atom stereocenters. The average Bonchev–Trinajstić information content (AvgIpc) is 2.27. The van der Waals surface area contributed by atoms with Gasteiger partial charge in [0.15, 0.2) is 15.8 Å². The van der Waals surface area contributed by atoms with E-state index in [2.05, 4.69) is 17.2 Å². The van der Waals surface area contributed by atoms with Crippen molar-refractivity contribution in [1.29, 1.82) is 0 Å². The van der Waals surface area contributed by atoms with E-state index in [9.17, 15) is 8.42 Å². The van der Waals surface area contributed by atoms with Crippen molar-refractivity contribution in [3.8, 4) is 0 Å². The highest BCUT2D eigenvalue weighted by molar-refractivity contribution is 7.92. The minimum atomic E-state index is -3.10. The van der Waals surface area contributed by atoms with Crippen LogP contribution in [0, 0.1) is 0 Å². The summed E-state index contributed by atoms with van der Waals surface area (Å²) in [6.07, 6.45) is 4.59. The Bertz CT molecular complexity index is 370. The number of unbranched alkanes of at least 4 members (excludes halogenated alkanes) is 3. The molecule has 6 heteroatoms. The fraction of sp³-hybridized carbons (Fsp3) is 0.923. The van der Waals surface area contributed by atoms with E-state index in [1.54, 1.807) is 20.8 Å².